The van der Waals surface area contributed by atoms with Gasteiger partial charge in [0.1, 0.15) is 0 Å². The summed E-state index contributed by atoms with van der Waals surface area (Å²) in [6, 6.07) is 7.77. The highest BCUT2D eigenvalue weighted by Crippen LogP contribution is 2.16. The lowest BCUT2D eigenvalue weighted by molar-refractivity contribution is 0.0724. The van der Waals surface area contributed by atoms with E-state index in [-0.39, 0.29) is 5.91 Å². The Morgan fingerprint density at radius 1 is 1.00 bits per heavy atom. The summed E-state index contributed by atoms with van der Waals surface area (Å²) in [4.78, 5) is 16.7. The molecule has 25 heavy (non-hydrogen) atoms. The third kappa shape index (κ3) is 4.78. The molecule has 138 valence electrons. The second-order valence-electron chi connectivity index (χ2n) is 6.77. The summed E-state index contributed by atoms with van der Waals surface area (Å²) in [5, 5.41) is 5.17. The first-order chi connectivity index (χ1) is 11.9. The fraction of sp³-hybridized carbons (Fsp3) is 0.588. The maximum atomic E-state index is 12.6. The molecule has 8 heteroatoms. The number of hydrogen-bond acceptors (Lipinski definition) is 4. The molecule has 2 aliphatic heterocycles. The summed E-state index contributed by atoms with van der Waals surface area (Å²) in [5.41, 5.74) is 1.81. The van der Waals surface area contributed by atoms with Crippen molar-refractivity contribution in [2.75, 3.05) is 39.3 Å². The fourth-order valence-electron chi connectivity index (χ4n) is 3.48. The van der Waals surface area contributed by atoms with Gasteiger partial charge in [0, 0.05) is 51.4 Å². The van der Waals surface area contributed by atoms with Gasteiger partial charge in [0.25, 0.3) is 16.1 Å². The molecule has 2 N–H and O–H groups in total. The topological polar surface area (TPSA) is 87.0 Å². The van der Waals surface area contributed by atoms with Crippen LogP contribution >= 0.6 is 0 Å². The molecule has 3 rings (SSSR count). The van der Waals surface area contributed by atoms with E-state index in [4.69, 9.17) is 5.14 Å². The monoisotopic (exact) mass is 366 g/mol. The predicted octanol–water partition coefficient (Wildman–Crippen LogP) is 0.634. The molecule has 0 spiro atoms. The van der Waals surface area contributed by atoms with Crippen LogP contribution in [0.2, 0.25) is 0 Å². The zero-order valence-corrected chi connectivity index (χ0v) is 15.2. The number of hydrogen-bond donors (Lipinski definition) is 1. The molecule has 0 atom stereocenters. The largest absolute Gasteiger partial charge is 0.339 e. The van der Waals surface area contributed by atoms with Crippen molar-refractivity contribution < 1.29 is 13.2 Å². The smallest absolute Gasteiger partial charge is 0.276 e. The molecule has 2 heterocycles. The SMILES string of the molecule is NS(=O)(=O)N1CCN(Cc2cccc(C(=O)N3CCCCC3)c2)CC1. The van der Waals surface area contributed by atoms with Crippen LogP contribution in [0.15, 0.2) is 24.3 Å². The Hall–Kier alpha value is -1.48. The maximum Gasteiger partial charge on any atom is 0.276 e. The lowest BCUT2D eigenvalue weighted by Crippen LogP contribution is -2.50. The van der Waals surface area contributed by atoms with Gasteiger partial charge >= 0.3 is 0 Å². The van der Waals surface area contributed by atoms with E-state index >= 15 is 0 Å². The van der Waals surface area contributed by atoms with Gasteiger partial charge in [-0.15, -0.1) is 0 Å². The van der Waals surface area contributed by atoms with Crippen molar-refractivity contribution >= 4 is 16.1 Å². The minimum atomic E-state index is -3.60. The quantitative estimate of drug-likeness (QED) is 0.847. The van der Waals surface area contributed by atoms with Crippen molar-refractivity contribution in [1.82, 2.24) is 14.1 Å². The molecule has 1 amide bonds. The van der Waals surface area contributed by atoms with E-state index in [1.807, 2.05) is 29.2 Å². The van der Waals surface area contributed by atoms with Crippen LogP contribution in [0.25, 0.3) is 0 Å². The standard InChI is InChI=1S/C17H26N4O3S/c18-25(23,24)21-11-9-19(10-12-21)14-15-5-4-6-16(13-15)17(22)20-7-2-1-3-8-20/h4-6,13H,1-3,7-12,14H2,(H2,18,23,24). The van der Waals surface area contributed by atoms with E-state index < -0.39 is 10.2 Å². The summed E-state index contributed by atoms with van der Waals surface area (Å²) >= 11 is 0. The van der Waals surface area contributed by atoms with E-state index in [9.17, 15) is 13.2 Å². The number of amides is 1. The van der Waals surface area contributed by atoms with E-state index in [0.717, 1.165) is 37.1 Å². The molecule has 2 saturated heterocycles. The number of nitrogens with zero attached hydrogens (tertiary/aromatic N) is 3. The highest BCUT2D eigenvalue weighted by Gasteiger charge is 2.24. The van der Waals surface area contributed by atoms with Crippen LogP contribution in [0.4, 0.5) is 0 Å². The first kappa shape index (κ1) is 18.3. The minimum Gasteiger partial charge on any atom is -0.339 e. The van der Waals surface area contributed by atoms with Gasteiger partial charge in [0.15, 0.2) is 0 Å². The first-order valence-corrected chi connectivity index (χ1v) is 10.3. The lowest BCUT2D eigenvalue weighted by atomic mass is 10.1. The third-order valence-corrected chi connectivity index (χ3v) is 6.00. The Kier molecular flexibility index (Phi) is 5.73. The Balaban J connectivity index is 1.60. The Bertz CT molecular complexity index is 708. The number of rotatable bonds is 4. The van der Waals surface area contributed by atoms with E-state index in [2.05, 4.69) is 4.90 Å². The van der Waals surface area contributed by atoms with Crippen molar-refractivity contribution in [2.24, 2.45) is 5.14 Å². The molecule has 0 bridgehead atoms. The molecule has 2 aliphatic rings. The molecule has 1 aromatic rings. The number of carbonyl (C=O) groups excluding carboxylic acids is 1. The van der Waals surface area contributed by atoms with Crippen LogP contribution in [0.1, 0.15) is 35.2 Å². The maximum absolute atomic E-state index is 12.6. The third-order valence-electron chi connectivity index (χ3n) is 4.91. The molecule has 1 aromatic carbocycles. The Labute approximate surface area is 149 Å². The average molecular weight is 366 g/mol. The summed E-state index contributed by atoms with van der Waals surface area (Å²) < 4.78 is 24.0. The van der Waals surface area contributed by atoms with E-state index in [1.54, 1.807) is 0 Å². The van der Waals surface area contributed by atoms with Gasteiger partial charge in [-0.3, -0.25) is 9.69 Å². The summed E-state index contributed by atoms with van der Waals surface area (Å²) in [5.74, 6) is 0.112. The second-order valence-corrected chi connectivity index (χ2v) is 8.32. The number of piperazine rings is 1. The van der Waals surface area contributed by atoms with Gasteiger partial charge in [0.05, 0.1) is 0 Å². The highest BCUT2D eigenvalue weighted by atomic mass is 32.2. The predicted molar refractivity (Wildman–Crippen MR) is 96.2 cm³/mol. The first-order valence-electron chi connectivity index (χ1n) is 8.82. The number of benzene rings is 1. The van der Waals surface area contributed by atoms with Crippen molar-refractivity contribution in [3.63, 3.8) is 0 Å². The summed E-state index contributed by atoms with van der Waals surface area (Å²) in [7, 11) is -3.60. The van der Waals surface area contributed by atoms with E-state index in [1.165, 1.54) is 10.7 Å². The van der Waals surface area contributed by atoms with Gasteiger partial charge in [-0.1, -0.05) is 12.1 Å². The molecule has 0 radical (unpaired) electrons. The van der Waals surface area contributed by atoms with Gasteiger partial charge in [0.2, 0.25) is 0 Å². The van der Waals surface area contributed by atoms with Crippen molar-refractivity contribution in [1.29, 1.82) is 0 Å². The molecular weight excluding hydrogens is 340 g/mol. The molecular formula is C17H26N4O3S. The van der Waals surface area contributed by atoms with Crippen LogP contribution in [0, 0.1) is 0 Å². The molecule has 0 aliphatic carbocycles. The van der Waals surface area contributed by atoms with Crippen LogP contribution in [0.3, 0.4) is 0 Å². The molecule has 0 aromatic heterocycles. The summed E-state index contributed by atoms with van der Waals surface area (Å²) in [6.45, 7) is 4.49. The fourth-order valence-corrected chi connectivity index (χ4v) is 4.15. The Morgan fingerprint density at radius 2 is 1.68 bits per heavy atom. The van der Waals surface area contributed by atoms with Gasteiger partial charge in [-0.2, -0.15) is 12.7 Å². The zero-order valence-electron chi connectivity index (χ0n) is 14.4. The van der Waals surface area contributed by atoms with Gasteiger partial charge < -0.3 is 4.90 Å². The highest BCUT2D eigenvalue weighted by molar-refractivity contribution is 7.86. The molecule has 0 unspecified atom stereocenters. The summed E-state index contributed by atoms with van der Waals surface area (Å²) in [6.07, 6.45) is 3.37. The minimum absolute atomic E-state index is 0.112. The van der Waals surface area contributed by atoms with Gasteiger partial charge in [-0.25, -0.2) is 5.14 Å². The average Bonchev–Trinajstić information content (AvgIpc) is 2.62. The van der Waals surface area contributed by atoms with E-state index in [0.29, 0.717) is 32.7 Å². The van der Waals surface area contributed by atoms with Crippen molar-refractivity contribution in [3.05, 3.63) is 35.4 Å². The second kappa shape index (κ2) is 7.82. The molecule has 7 nitrogen and oxygen atoms in total. The number of piperidine rings is 1. The molecule has 0 saturated carbocycles. The number of carbonyl (C=O) groups is 1. The van der Waals surface area contributed by atoms with Crippen molar-refractivity contribution in [3.8, 4) is 0 Å². The molecule has 2 fully saturated rings. The zero-order chi connectivity index (χ0) is 17.9. The Morgan fingerprint density at radius 3 is 2.32 bits per heavy atom. The van der Waals surface area contributed by atoms with Gasteiger partial charge in [-0.05, 0) is 37.0 Å². The van der Waals surface area contributed by atoms with Crippen LogP contribution < -0.4 is 5.14 Å². The number of likely N-dealkylation sites (tertiary alicyclic amines) is 1. The number of nitrogens with two attached hydrogens (primary N) is 1. The van der Waals surface area contributed by atoms with Crippen LogP contribution in [-0.4, -0.2) is 67.7 Å². The van der Waals surface area contributed by atoms with Crippen LogP contribution in [-0.2, 0) is 16.8 Å². The van der Waals surface area contributed by atoms with Crippen LogP contribution in [0.5, 0.6) is 0 Å². The normalized spacial score (nSPS) is 20.6. The van der Waals surface area contributed by atoms with Crippen molar-refractivity contribution in [2.45, 2.75) is 25.8 Å². The lowest BCUT2D eigenvalue weighted by Gasteiger charge is -2.33.